The molecule has 0 aliphatic rings. The summed E-state index contributed by atoms with van der Waals surface area (Å²) in [6, 6.07) is 0. The maximum absolute atomic E-state index is 11.8. The molecule has 6 heteroatoms. The van der Waals surface area contributed by atoms with Crippen LogP contribution in [-0.2, 0) is 4.57 Å². The highest BCUT2D eigenvalue weighted by Crippen LogP contribution is 2.52. The van der Waals surface area contributed by atoms with Gasteiger partial charge in [0.15, 0.2) is 0 Å². The molecule has 0 saturated heterocycles. The molecule has 0 aliphatic heterocycles. The van der Waals surface area contributed by atoms with E-state index in [0.29, 0.717) is 10.9 Å². The number of likely N-dealkylation sites (N-methyl/N-ethyl adjacent to an activating group) is 1. The molecule has 0 aromatic rings. The minimum absolute atomic E-state index is 0.0607. The van der Waals surface area contributed by atoms with E-state index in [1.54, 1.807) is 0 Å². The first-order chi connectivity index (χ1) is 16.0. The number of allylic oxidation sites excluding steroid dienone is 4. The number of unbranched alkanes of at least 4 members (excludes halogenated alkanes) is 14. The van der Waals surface area contributed by atoms with E-state index in [1.807, 2.05) is 21.1 Å². The van der Waals surface area contributed by atoms with Gasteiger partial charge in [-0.15, -0.1) is 0 Å². The number of hydrogen-bond acceptors (Lipinski definition) is 2. The van der Waals surface area contributed by atoms with Gasteiger partial charge in [-0.25, -0.2) is 0 Å². The van der Waals surface area contributed by atoms with Gasteiger partial charge in [-0.1, -0.05) is 95.4 Å². The van der Waals surface area contributed by atoms with Crippen molar-refractivity contribution in [2.45, 2.75) is 128 Å². The Morgan fingerprint density at radius 3 is 1.44 bits per heavy atom. The minimum atomic E-state index is -4.55. The molecule has 0 heterocycles. The highest BCUT2D eigenvalue weighted by molar-refractivity contribution is 7.53. The molecule has 1 unspecified atom stereocenters. The molecule has 34 heavy (non-hydrogen) atoms. The lowest BCUT2D eigenvalue weighted by Crippen LogP contribution is -2.49. The molecule has 0 bridgehead atoms. The number of hydrogen-bond donors (Lipinski definition) is 3. The average Bonchev–Trinajstić information content (AvgIpc) is 2.73. The topological polar surface area (TPSA) is 77.8 Å². The van der Waals surface area contributed by atoms with Crippen molar-refractivity contribution in [3.05, 3.63) is 24.3 Å². The number of rotatable bonds is 23. The zero-order chi connectivity index (χ0) is 25.8. The lowest BCUT2D eigenvalue weighted by atomic mass is 10.0. The van der Waals surface area contributed by atoms with E-state index in [1.165, 1.54) is 83.5 Å². The van der Waals surface area contributed by atoms with E-state index < -0.39 is 12.9 Å². The number of quaternary nitrogens is 1. The first-order valence-electron chi connectivity index (χ1n) is 13.9. The fraction of sp³-hybridized carbons (Fsp3) is 0.857. The van der Waals surface area contributed by atoms with Crippen molar-refractivity contribution in [2.75, 3.05) is 27.7 Å². The highest BCUT2D eigenvalue weighted by atomic mass is 31.2. The van der Waals surface area contributed by atoms with Crippen LogP contribution in [0.25, 0.3) is 0 Å². The third-order valence-corrected chi connectivity index (χ3v) is 7.73. The Morgan fingerprint density at radius 2 is 1.03 bits per heavy atom. The Morgan fingerprint density at radius 1 is 0.647 bits per heavy atom. The number of nitrogens with zero attached hydrogens (tertiary/aromatic N) is 1. The van der Waals surface area contributed by atoms with E-state index in [2.05, 4.69) is 31.2 Å². The zero-order valence-electron chi connectivity index (χ0n) is 22.9. The SMILES string of the molecule is CC/C=C\CCC/C=C\CCCCCCCCCCCCCCC(O)(C[N+](C)(C)C)P(=O)(O)O. The Labute approximate surface area is 211 Å². The van der Waals surface area contributed by atoms with Crippen LogP contribution in [0.4, 0.5) is 0 Å². The monoisotopic (exact) mass is 502 g/mol. The molecule has 0 rings (SSSR count). The van der Waals surface area contributed by atoms with Crippen molar-refractivity contribution in [3.63, 3.8) is 0 Å². The second-order valence-electron chi connectivity index (χ2n) is 11.0. The highest BCUT2D eigenvalue weighted by Gasteiger charge is 2.48. The van der Waals surface area contributed by atoms with Gasteiger partial charge < -0.3 is 19.4 Å². The standard InChI is InChI=1S/C28H56NO4P/c1-5-6-7-8-9-10-11-12-13-14-15-16-17-18-19-20-21-22-23-24-25-26-28(30,34(31,32)33)27-29(2,3)4/h6-7,11-12,30H,5,8-10,13-27H2,1-4H3,(H-,31,32,33)/p+1/b7-6-,12-11-. The fourth-order valence-electron chi connectivity index (χ4n) is 4.39. The molecule has 0 spiro atoms. The van der Waals surface area contributed by atoms with Crippen LogP contribution < -0.4 is 0 Å². The molecule has 0 saturated carbocycles. The smallest absolute Gasteiger partial charge is 0.362 e. The van der Waals surface area contributed by atoms with Crippen molar-refractivity contribution >= 4 is 7.60 Å². The predicted molar refractivity (Wildman–Crippen MR) is 147 cm³/mol. The van der Waals surface area contributed by atoms with Gasteiger partial charge in [0, 0.05) is 0 Å². The van der Waals surface area contributed by atoms with Crippen molar-refractivity contribution in [1.82, 2.24) is 0 Å². The molecule has 3 N–H and O–H groups in total. The summed E-state index contributed by atoms with van der Waals surface area (Å²) in [6.45, 7) is 2.24. The van der Waals surface area contributed by atoms with Gasteiger partial charge in [0.2, 0.25) is 5.34 Å². The fourth-order valence-corrected chi connectivity index (χ4v) is 5.45. The molecule has 0 aromatic carbocycles. The van der Waals surface area contributed by atoms with Gasteiger partial charge in [-0.3, -0.25) is 4.57 Å². The minimum Gasteiger partial charge on any atom is -0.373 e. The Bertz CT molecular complexity index is 579. The molecule has 0 fully saturated rings. The van der Waals surface area contributed by atoms with Crippen LogP contribution in [0.15, 0.2) is 24.3 Å². The van der Waals surface area contributed by atoms with E-state index >= 15 is 0 Å². The van der Waals surface area contributed by atoms with Gasteiger partial charge in [0.1, 0.15) is 6.54 Å². The van der Waals surface area contributed by atoms with Crippen LogP contribution in [0.2, 0.25) is 0 Å². The Hall–Kier alpha value is -0.450. The molecular formula is C28H57NO4P+. The summed E-state index contributed by atoms with van der Waals surface area (Å²) < 4.78 is 12.1. The largest absolute Gasteiger partial charge is 0.373 e. The van der Waals surface area contributed by atoms with E-state index in [-0.39, 0.29) is 13.0 Å². The van der Waals surface area contributed by atoms with Crippen molar-refractivity contribution in [1.29, 1.82) is 0 Å². The van der Waals surface area contributed by atoms with E-state index in [4.69, 9.17) is 0 Å². The second kappa shape index (κ2) is 19.7. The third kappa shape index (κ3) is 19.8. The summed E-state index contributed by atoms with van der Waals surface area (Å²) >= 11 is 0. The summed E-state index contributed by atoms with van der Waals surface area (Å²) in [4.78, 5) is 19.2. The summed E-state index contributed by atoms with van der Waals surface area (Å²) in [5, 5.41) is 8.65. The van der Waals surface area contributed by atoms with Crippen molar-refractivity contribution < 1.29 is 23.9 Å². The number of aliphatic hydroxyl groups is 1. The second-order valence-corrected chi connectivity index (χ2v) is 13.0. The summed E-state index contributed by atoms with van der Waals surface area (Å²) in [6.07, 6.45) is 29.8. The Kier molecular flexibility index (Phi) is 19.4. The first kappa shape index (κ1) is 33.5. The maximum Gasteiger partial charge on any atom is 0.362 e. The Balaban J connectivity index is 3.54. The summed E-state index contributed by atoms with van der Waals surface area (Å²) in [5.41, 5.74) is 0. The van der Waals surface area contributed by atoms with Crippen LogP contribution in [-0.4, -0.2) is 52.4 Å². The molecule has 0 radical (unpaired) electrons. The van der Waals surface area contributed by atoms with Gasteiger partial charge in [0.05, 0.1) is 21.1 Å². The quantitative estimate of drug-likeness (QED) is 0.0578. The molecule has 5 nitrogen and oxygen atoms in total. The van der Waals surface area contributed by atoms with Gasteiger partial charge in [-0.05, 0) is 51.4 Å². The van der Waals surface area contributed by atoms with Gasteiger partial charge >= 0.3 is 7.60 Å². The van der Waals surface area contributed by atoms with E-state index in [0.717, 1.165) is 19.3 Å². The van der Waals surface area contributed by atoms with Crippen molar-refractivity contribution in [2.24, 2.45) is 0 Å². The molecular weight excluding hydrogens is 445 g/mol. The van der Waals surface area contributed by atoms with Crippen LogP contribution in [0.1, 0.15) is 122 Å². The molecule has 202 valence electrons. The summed E-state index contributed by atoms with van der Waals surface area (Å²) in [5.74, 6) is 0. The van der Waals surface area contributed by atoms with Gasteiger partial charge in [-0.2, -0.15) is 0 Å². The van der Waals surface area contributed by atoms with E-state index in [9.17, 15) is 19.5 Å². The molecule has 0 aliphatic carbocycles. The first-order valence-corrected chi connectivity index (χ1v) is 15.5. The zero-order valence-corrected chi connectivity index (χ0v) is 23.8. The van der Waals surface area contributed by atoms with Crippen LogP contribution in [0.3, 0.4) is 0 Å². The molecule has 0 aromatic heterocycles. The summed E-state index contributed by atoms with van der Waals surface area (Å²) in [7, 11) is 0.979. The predicted octanol–water partition coefficient (Wildman–Crippen LogP) is 7.71. The van der Waals surface area contributed by atoms with Gasteiger partial charge in [0.25, 0.3) is 0 Å². The lowest BCUT2D eigenvalue weighted by molar-refractivity contribution is -0.875. The maximum atomic E-state index is 11.8. The molecule has 1 atom stereocenters. The normalized spacial score (nSPS) is 14.9. The van der Waals surface area contributed by atoms with Crippen molar-refractivity contribution in [3.8, 4) is 0 Å². The van der Waals surface area contributed by atoms with Crippen LogP contribution >= 0.6 is 7.60 Å². The average molecular weight is 503 g/mol. The molecule has 0 amide bonds. The third-order valence-electron chi connectivity index (χ3n) is 6.28. The lowest BCUT2D eigenvalue weighted by Gasteiger charge is -2.35. The van der Waals surface area contributed by atoms with Crippen LogP contribution in [0, 0.1) is 0 Å². The van der Waals surface area contributed by atoms with Crippen LogP contribution in [0.5, 0.6) is 0 Å².